The van der Waals surface area contributed by atoms with Crippen molar-refractivity contribution >= 4 is 0 Å². The van der Waals surface area contributed by atoms with E-state index in [4.69, 9.17) is 0 Å². The Bertz CT molecular complexity index is 158. The molecule has 0 aromatic rings. The second kappa shape index (κ2) is 3.02. The quantitative estimate of drug-likeness (QED) is 0.580. The van der Waals surface area contributed by atoms with Crippen molar-refractivity contribution in [1.82, 2.24) is 4.90 Å². The van der Waals surface area contributed by atoms with Crippen molar-refractivity contribution in [2.45, 2.75) is 39.0 Å². The van der Waals surface area contributed by atoms with E-state index in [0.29, 0.717) is 0 Å². The number of hydrogen-bond donors (Lipinski definition) is 0. The summed E-state index contributed by atoms with van der Waals surface area (Å²) in [7, 11) is 2.28. The first-order chi connectivity index (χ1) is 5.74. The minimum absolute atomic E-state index is 0.772. The van der Waals surface area contributed by atoms with E-state index in [1.54, 1.807) is 0 Å². The number of likely N-dealkylation sites (tertiary alicyclic amines) is 1. The normalized spacial score (nSPS) is 43.0. The van der Waals surface area contributed by atoms with Gasteiger partial charge in [0.25, 0.3) is 0 Å². The molecule has 70 valence electrons. The van der Waals surface area contributed by atoms with E-state index in [1.165, 1.54) is 45.2 Å². The molecule has 1 nitrogen and oxygen atoms in total. The summed E-state index contributed by atoms with van der Waals surface area (Å²) in [4.78, 5) is 2.52. The zero-order valence-corrected chi connectivity index (χ0v) is 8.47. The van der Waals surface area contributed by atoms with Gasteiger partial charge in [-0.1, -0.05) is 13.3 Å². The van der Waals surface area contributed by atoms with E-state index in [0.717, 1.165) is 11.3 Å². The van der Waals surface area contributed by atoms with Crippen LogP contribution >= 0.6 is 0 Å². The van der Waals surface area contributed by atoms with Gasteiger partial charge in [-0.05, 0) is 50.6 Å². The van der Waals surface area contributed by atoms with Crippen molar-refractivity contribution in [3.63, 3.8) is 0 Å². The molecule has 12 heavy (non-hydrogen) atoms. The highest BCUT2D eigenvalue weighted by Crippen LogP contribution is 2.51. The molecule has 1 spiro atoms. The topological polar surface area (TPSA) is 3.24 Å². The summed E-state index contributed by atoms with van der Waals surface area (Å²) in [5.41, 5.74) is 0.772. The largest absolute Gasteiger partial charge is 0.306 e. The van der Waals surface area contributed by atoms with Crippen LogP contribution in [0, 0.1) is 11.3 Å². The van der Waals surface area contributed by atoms with Crippen molar-refractivity contribution in [2.75, 3.05) is 20.1 Å². The van der Waals surface area contributed by atoms with Crippen LogP contribution in [-0.4, -0.2) is 25.0 Å². The van der Waals surface area contributed by atoms with Crippen LogP contribution in [0.5, 0.6) is 0 Å². The predicted molar refractivity (Wildman–Crippen MR) is 52.2 cm³/mol. The van der Waals surface area contributed by atoms with Gasteiger partial charge >= 0.3 is 0 Å². The zero-order chi connectivity index (χ0) is 8.60. The lowest BCUT2D eigenvalue weighted by atomic mass is 9.58. The maximum Gasteiger partial charge on any atom is 0.00351 e. The van der Waals surface area contributed by atoms with Crippen LogP contribution in [0.2, 0.25) is 0 Å². The molecule has 0 radical (unpaired) electrons. The summed E-state index contributed by atoms with van der Waals surface area (Å²) in [5.74, 6) is 1.07. The van der Waals surface area contributed by atoms with Gasteiger partial charge in [-0.15, -0.1) is 0 Å². The molecule has 0 bridgehead atoms. The van der Waals surface area contributed by atoms with Crippen LogP contribution < -0.4 is 0 Å². The van der Waals surface area contributed by atoms with Crippen molar-refractivity contribution in [1.29, 1.82) is 0 Å². The van der Waals surface area contributed by atoms with Crippen LogP contribution in [0.1, 0.15) is 39.0 Å². The van der Waals surface area contributed by atoms with Crippen molar-refractivity contribution < 1.29 is 0 Å². The smallest absolute Gasteiger partial charge is 0.00351 e. The van der Waals surface area contributed by atoms with E-state index >= 15 is 0 Å². The van der Waals surface area contributed by atoms with E-state index in [9.17, 15) is 0 Å². The molecule has 0 atom stereocenters. The fourth-order valence-corrected chi connectivity index (χ4v) is 3.24. The molecule has 1 heteroatoms. The van der Waals surface area contributed by atoms with Crippen LogP contribution in [-0.2, 0) is 0 Å². The molecule has 0 aromatic carbocycles. The molecular formula is C11H21N. The van der Waals surface area contributed by atoms with Crippen molar-refractivity contribution in [3.05, 3.63) is 0 Å². The standard InChI is InChI=1S/C11H21N/c1-3-10-7-11(8-10)5-4-6-12(2)9-11/h10H,3-9H2,1-2H3. The molecule has 2 aliphatic rings. The van der Waals surface area contributed by atoms with E-state index < -0.39 is 0 Å². The molecule has 2 rings (SSSR count). The maximum atomic E-state index is 2.52. The van der Waals surface area contributed by atoms with Crippen LogP contribution in [0.3, 0.4) is 0 Å². The maximum absolute atomic E-state index is 2.52. The Balaban J connectivity index is 1.88. The zero-order valence-electron chi connectivity index (χ0n) is 8.47. The summed E-state index contributed by atoms with van der Waals surface area (Å²) in [6.45, 7) is 5.05. The lowest BCUT2D eigenvalue weighted by Crippen LogP contribution is -2.48. The van der Waals surface area contributed by atoms with Gasteiger partial charge in [0.15, 0.2) is 0 Å². The average Bonchev–Trinajstić information content (AvgIpc) is 1.99. The van der Waals surface area contributed by atoms with Crippen LogP contribution in [0.4, 0.5) is 0 Å². The highest BCUT2D eigenvalue weighted by molar-refractivity contribution is 4.96. The molecule has 0 unspecified atom stereocenters. The lowest BCUT2D eigenvalue weighted by Gasteiger charge is -2.52. The summed E-state index contributed by atoms with van der Waals surface area (Å²) >= 11 is 0. The molecule has 2 fully saturated rings. The number of rotatable bonds is 1. The van der Waals surface area contributed by atoms with Crippen molar-refractivity contribution in [2.24, 2.45) is 11.3 Å². The molecule has 1 aliphatic carbocycles. The van der Waals surface area contributed by atoms with Crippen LogP contribution in [0.25, 0.3) is 0 Å². The Kier molecular flexibility index (Phi) is 2.16. The van der Waals surface area contributed by atoms with E-state index in [-0.39, 0.29) is 0 Å². The number of piperidine rings is 1. The molecular weight excluding hydrogens is 146 g/mol. The monoisotopic (exact) mass is 167 g/mol. The fraction of sp³-hybridized carbons (Fsp3) is 1.00. The van der Waals surface area contributed by atoms with E-state index in [2.05, 4.69) is 18.9 Å². The van der Waals surface area contributed by atoms with Crippen LogP contribution in [0.15, 0.2) is 0 Å². The first kappa shape index (κ1) is 8.55. The van der Waals surface area contributed by atoms with Gasteiger partial charge < -0.3 is 4.90 Å². The lowest BCUT2D eigenvalue weighted by molar-refractivity contribution is -0.0160. The molecule has 0 N–H and O–H groups in total. The predicted octanol–water partition coefficient (Wildman–Crippen LogP) is 2.52. The fourth-order valence-electron chi connectivity index (χ4n) is 3.24. The number of hydrogen-bond acceptors (Lipinski definition) is 1. The Hall–Kier alpha value is -0.0400. The van der Waals surface area contributed by atoms with Gasteiger partial charge in [0.05, 0.1) is 0 Å². The van der Waals surface area contributed by atoms with Gasteiger partial charge in [-0.25, -0.2) is 0 Å². The van der Waals surface area contributed by atoms with Gasteiger partial charge in [-0.2, -0.15) is 0 Å². The first-order valence-electron chi connectivity index (χ1n) is 5.43. The molecule has 1 heterocycles. The number of nitrogens with zero attached hydrogens (tertiary/aromatic N) is 1. The Morgan fingerprint density at radius 2 is 2.17 bits per heavy atom. The summed E-state index contributed by atoms with van der Waals surface area (Å²) in [6, 6.07) is 0. The van der Waals surface area contributed by atoms with Crippen molar-refractivity contribution in [3.8, 4) is 0 Å². The summed E-state index contributed by atoms with van der Waals surface area (Å²) in [6.07, 6.45) is 7.40. The molecule has 1 saturated carbocycles. The Labute approximate surface area is 76.1 Å². The third kappa shape index (κ3) is 1.39. The van der Waals surface area contributed by atoms with Gasteiger partial charge in [0.2, 0.25) is 0 Å². The molecule has 0 amide bonds. The highest BCUT2D eigenvalue weighted by Gasteiger charge is 2.44. The minimum atomic E-state index is 0.772. The first-order valence-corrected chi connectivity index (χ1v) is 5.43. The summed E-state index contributed by atoms with van der Waals surface area (Å²) < 4.78 is 0. The Morgan fingerprint density at radius 3 is 2.75 bits per heavy atom. The van der Waals surface area contributed by atoms with Gasteiger partial charge in [0, 0.05) is 6.54 Å². The van der Waals surface area contributed by atoms with Gasteiger partial charge in [-0.3, -0.25) is 0 Å². The average molecular weight is 167 g/mol. The van der Waals surface area contributed by atoms with Gasteiger partial charge in [0.1, 0.15) is 0 Å². The molecule has 0 aromatic heterocycles. The third-order valence-corrected chi connectivity index (χ3v) is 3.87. The second-order valence-electron chi connectivity index (χ2n) is 5.02. The second-order valence-corrected chi connectivity index (χ2v) is 5.02. The molecule has 1 saturated heterocycles. The summed E-state index contributed by atoms with van der Waals surface area (Å²) in [5, 5.41) is 0. The minimum Gasteiger partial charge on any atom is -0.306 e. The molecule has 1 aliphatic heterocycles. The van der Waals surface area contributed by atoms with E-state index in [1.807, 2.05) is 0 Å². The highest BCUT2D eigenvalue weighted by atomic mass is 15.1. The SMILES string of the molecule is CCC1CC2(CCCN(C)C2)C1. The Morgan fingerprint density at radius 1 is 1.42 bits per heavy atom. The third-order valence-electron chi connectivity index (χ3n) is 3.87.